The van der Waals surface area contributed by atoms with Gasteiger partial charge in [-0.25, -0.2) is 0 Å². The van der Waals surface area contributed by atoms with Crippen LogP contribution in [0.3, 0.4) is 0 Å². The van der Waals surface area contributed by atoms with Gasteiger partial charge in [0, 0.05) is 11.9 Å². The van der Waals surface area contributed by atoms with E-state index in [1.54, 1.807) is 6.07 Å². The number of furan rings is 1. The molecule has 4 heteroatoms. The van der Waals surface area contributed by atoms with Gasteiger partial charge in [-0.2, -0.15) is 0 Å². The Morgan fingerprint density at radius 2 is 2.58 bits per heavy atom. The maximum atomic E-state index is 11.2. The molecule has 0 aliphatic heterocycles. The Balaban J connectivity index is 2.40. The van der Waals surface area contributed by atoms with Crippen LogP contribution in [-0.4, -0.2) is 17.8 Å². The minimum absolute atomic E-state index is 0.0548. The van der Waals surface area contributed by atoms with Crippen molar-refractivity contribution in [2.75, 3.05) is 6.54 Å². The van der Waals surface area contributed by atoms with E-state index in [0.717, 1.165) is 0 Å². The minimum Gasteiger partial charge on any atom is -0.472 e. The van der Waals surface area contributed by atoms with E-state index in [-0.39, 0.29) is 11.3 Å². The Kier molecular flexibility index (Phi) is 3.17. The van der Waals surface area contributed by atoms with E-state index in [2.05, 4.69) is 5.32 Å². The molecule has 0 aliphatic carbocycles. The highest BCUT2D eigenvalue weighted by Gasteiger charge is 2.06. The summed E-state index contributed by atoms with van der Waals surface area (Å²) in [6.07, 6.45) is 2.85. The maximum absolute atomic E-state index is 11.2. The summed E-state index contributed by atoms with van der Waals surface area (Å²) in [6, 6.07) is 1.61. The van der Waals surface area contributed by atoms with Crippen molar-refractivity contribution in [2.24, 2.45) is 0 Å². The molecule has 0 aromatic carbocycles. The predicted molar refractivity (Wildman–Crippen MR) is 46.4 cm³/mol. The molecule has 12 heavy (non-hydrogen) atoms. The maximum Gasteiger partial charge on any atom is 0.254 e. The Bertz CT molecular complexity index is 244. The van der Waals surface area contributed by atoms with Gasteiger partial charge in [-0.15, -0.1) is 11.6 Å². The highest BCUT2D eigenvalue weighted by atomic mass is 35.5. The monoisotopic (exact) mass is 187 g/mol. The van der Waals surface area contributed by atoms with Crippen molar-refractivity contribution in [2.45, 2.75) is 12.3 Å². The second-order valence-electron chi connectivity index (χ2n) is 2.50. The highest BCUT2D eigenvalue weighted by molar-refractivity contribution is 6.20. The first-order valence-corrected chi connectivity index (χ1v) is 4.08. The fourth-order valence-electron chi connectivity index (χ4n) is 0.729. The number of carbonyl (C=O) groups is 1. The number of rotatable bonds is 3. The van der Waals surface area contributed by atoms with Gasteiger partial charge in [0.1, 0.15) is 6.26 Å². The van der Waals surface area contributed by atoms with Gasteiger partial charge in [0.05, 0.1) is 11.8 Å². The van der Waals surface area contributed by atoms with E-state index in [1.165, 1.54) is 12.5 Å². The third-order valence-electron chi connectivity index (χ3n) is 1.33. The number of hydrogen-bond donors (Lipinski definition) is 1. The lowest BCUT2D eigenvalue weighted by molar-refractivity contribution is 0.0953. The summed E-state index contributed by atoms with van der Waals surface area (Å²) in [5.41, 5.74) is 0.521. The SMILES string of the molecule is CC(Cl)CNC(=O)c1ccoc1. The number of nitrogens with one attached hydrogen (secondary N) is 1. The van der Waals surface area contributed by atoms with Crippen LogP contribution in [0.15, 0.2) is 23.0 Å². The minimum atomic E-state index is -0.156. The topological polar surface area (TPSA) is 42.2 Å². The first-order valence-electron chi connectivity index (χ1n) is 3.64. The Morgan fingerprint density at radius 1 is 1.83 bits per heavy atom. The van der Waals surface area contributed by atoms with Crippen LogP contribution in [0.1, 0.15) is 17.3 Å². The van der Waals surface area contributed by atoms with Crippen molar-refractivity contribution in [1.29, 1.82) is 0 Å². The lowest BCUT2D eigenvalue weighted by atomic mass is 10.3. The number of carbonyl (C=O) groups excluding carboxylic acids is 1. The van der Waals surface area contributed by atoms with Crippen molar-refractivity contribution in [3.05, 3.63) is 24.2 Å². The van der Waals surface area contributed by atoms with E-state index >= 15 is 0 Å². The summed E-state index contributed by atoms with van der Waals surface area (Å²) in [6.45, 7) is 2.28. The second kappa shape index (κ2) is 4.16. The molecule has 0 bridgehead atoms. The van der Waals surface area contributed by atoms with Crippen LogP contribution in [-0.2, 0) is 0 Å². The second-order valence-corrected chi connectivity index (χ2v) is 3.25. The van der Waals surface area contributed by atoms with Crippen LogP contribution >= 0.6 is 11.6 Å². The summed E-state index contributed by atoms with van der Waals surface area (Å²) >= 11 is 5.65. The van der Waals surface area contributed by atoms with Gasteiger partial charge >= 0.3 is 0 Å². The van der Waals surface area contributed by atoms with Crippen molar-refractivity contribution >= 4 is 17.5 Å². The zero-order valence-corrected chi connectivity index (χ0v) is 7.47. The molecule has 1 aromatic heterocycles. The molecule has 1 aromatic rings. The van der Waals surface area contributed by atoms with Crippen LogP contribution in [0.4, 0.5) is 0 Å². The largest absolute Gasteiger partial charge is 0.472 e. The Hall–Kier alpha value is -0.960. The van der Waals surface area contributed by atoms with Gasteiger partial charge < -0.3 is 9.73 Å². The number of hydrogen-bond acceptors (Lipinski definition) is 2. The van der Waals surface area contributed by atoms with Gasteiger partial charge in [-0.3, -0.25) is 4.79 Å². The standard InChI is InChI=1S/C8H10ClNO2/c1-6(9)4-10-8(11)7-2-3-12-5-7/h2-3,5-6H,4H2,1H3,(H,10,11). The molecule has 0 aliphatic rings. The van der Waals surface area contributed by atoms with Gasteiger partial charge in [-0.1, -0.05) is 0 Å². The number of amides is 1. The molecular formula is C8H10ClNO2. The summed E-state index contributed by atoms with van der Waals surface area (Å²) in [5, 5.41) is 2.60. The van der Waals surface area contributed by atoms with E-state index in [9.17, 15) is 4.79 Å². The molecular weight excluding hydrogens is 178 g/mol. The molecule has 3 nitrogen and oxygen atoms in total. The lowest BCUT2D eigenvalue weighted by Gasteiger charge is -2.03. The van der Waals surface area contributed by atoms with Crippen LogP contribution in [0.2, 0.25) is 0 Å². The smallest absolute Gasteiger partial charge is 0.254 e. The molecule has 0 saturated carbocycles. The first kappa shape index (κ1) is 9.13. The van der Waals surface area contributed by atoms with Crippen LogP contribution < -0.4 is 5.32 Å². The summed E-state index contributed by atoms with van der Waals surface area (Å²) in [5.74, 6) is -0.156. The van der Waals surface area contributed by atoms with E-state index in [1.807, 2.05) is 6.92 Å². The molecule has 1 rings (SSSR count). The van der Waals surface area contributed by atoms with E-state index in [4.69, 9.17) is 16.0 Å². The molecule has 1 atom stereocenters. The molecule has 1 amide bonds. The molecule has 1 N–H and O–H groups in total. The Morgan fingerprint density at radius 3 is 3.08 bits per heavy atom. The van der Waals surface area contributed by atoms with Gasteiger partial charge in [0.15, 0.2) is 0 Å². The summed E-state index contributed by atoms with van der Waals surface area (Å²) in [4.78, 5) is 11.2. The molecule has 1 heterocycles. The summed E-state index contributed by atoms with van der Waals surface area (Å²) < 4.78 is 4.75. The zero-order valence-electron chi connectivity index (χ0n) is 6.71. The fourth-order valence-corrected chi connectivity index (χ4v) is 0.806. The normalized spacial score (nSPS) is 12.5. The Labute approximate surface area is 75.7 Å². The van der Waals surface area contributed by atoms with Crippen LogP contribution in [0, 0.1) is 0 Å². The number of halogens is 1. The van der Waals surface area contributed by atoms with Gasteiger partial charge in [-0.05, 0) is 13.0 Å². The van der Waals surface area contributed by atoms with E-state index in [0.29, 0.717) is 12.1 Å². The molecule has 0 spiro atoms. The highest BCUT2D eigenvalue weighted by Crippen LogP contribution is 1.99. The average molecular weight is 188 g/mol. The molecule has 0 radical (unpaired) electrons. The van der Waals surface area contributed by atoms with Crippen LogP contribution in [0.5, 0.6) is 0 Å². The molecule has 0 saturated heterocycles. The molecule has 1 unspecified atom stereocenters. The van der Waals surface area contributed by atoms with Crippen molar-refractivity contribution < 1.29 is 9.21 Å². The molecule has 0 fully saturated rings. The van der Waals surface area contributed by atoms with Gasteiger partial charge in [0.25, 0.3) is 5.91 Å². The van der Waals surface area contributed by atoms with Gasteiger partial charge in [0.2, 0.25) is 0 Å². The van der Waals surface area contributed by atoms with E-state index < -0.39 is 0 Å². The van der Waals surface area contributed by atoms with Crippen molar-refractivity contribution in [3.8, 4) is 0 Å². The summed E-state index contributed by atoms with van der Waals surface area (Å²) in [7, 11) is 0. The van der Waals surface area contributed by atoms with Crippen molar-refractivity contribution in [3.63, 3.8) is 0 Å². The number of alkyl halides is 1. The zero-order chi connectivity index (χ0) is 8.97. The van der Waals surface area contributed by atoms with Crippen molar-refractivity contribution in [1.82, 2.24) is 5.32 Å². The third-order valence-corrected chi connectivity index (χ3v) is 1.48. The average Bonchev–Trinajstić information content (AvgIpc) is 2.51. The van der Waals surface area contributed by atoms with Crippen LogP contribution in [0.25, 0.3) is 0 Å². The quantitative estimate of drug-likeness (QED) is 0.731. The third kappa shape index (κ3) is 2.58. The molecule has 66 valence electrons. The fraction of sp³-hybridized carbons (Fsp3) is 0.375. The predicted octanol–water partition coefficient (Wildman–Crippen LogP) is 1.64. The lowest BCUT2D eigenvalue weighted by Crippen LogP contribution is -2.28. The first-order chi connectivity index (χ1) is 5.70.